The van der Waals surface area contributed by atoms with E-state index in [1.54, 1.807) is 11.3 Å². The van der Waals surface area contributed by atoms with E-state index in [1.165, 1.54) is 12.8 Å². The van der Waals surface area contributed by atoms with Gasteiger partial charge in [0.1, 0.15) is 10.8 Å². The molecule has 1 aromatic heterocycles. The molecular formula is C22H32N6O2S. The summed E-state index contributed by atoms with van der Waals surface area (Å²) in [6, 6.07) is 8.08. The van der Waals surface area contributed by atoms with Gasteiger partial charge in [-0.05, 0) is 63.9 Å². The number of thiazole rings is 1. The van der Waals surface area contributed by atoms with E-state index in [-0.39, 0.29) is 5.96 Å². The molecule has 4 N–H and O–H groups in total. The highest BCUT2D eigenvalue weighted by Crippen LogP contribution is 2.29. The number of hydrogen-bond acceptors (Lipinski definition) is 7. The Hall–Kier alpha value is -2.49. The fraction of sp³-hybridized carbons (Fsp3) is 0.500. The van der Waals surface area contributed by atoms with Crippen LogP contribution in [0.15, 0.2) is 34.5 Å². The van der Waals surface area contributed by atoms with Crippen LogP contribution < -0.4 is 16.2 Å². The van der Waals surface area contributed by atoms with Gasteiger partial charge in [0, 0.05) is 18.7 Å². The van der Waals surface area contributed by atoms with Gasteiger partial charge < -0.3 is 20.9 Å². The molecule has 0 amide bonds. The largest absolute Gasteiger partial charge is 0.494 e. The molecular weight excluding hydrogens is 412 g/mol. The first kappa shape index (κ1) is 23.2. The molecule has 31 heavy (non-hydrogen) atoms. The van der Waals surface area contributed by atoms with Gasteiger partial charge in [0.15, 0.2) is 0 Å². The second-order valence-corrected chi connectivity index (χ2v) is 8.53. The van der Waals surface area contributed by atoms with Crippen LogP contribution in [0.4, 0.5) is 0 Å². The monoisotopic (exact) mass is 444 g/mol. The first-order valence-corrected chi connectivity index (χ1v) is 11.5. The quantitative estimate of drug-likeness (QED) is 0.252. The van der Waals surface area contributed by atoms with Gasteiger partial charge in [-0.15, -0.1) is 16.4 Å². The third-order valence-corrected chi connectivity index (χ3v) is 6.35. The number of guanidine groups is 1. The molecule has 1 saturated heterocycles. The average Bonchev–Trinajstić information content (AvgIpc) is 3.17. The van der Waals surface area contributed by atoms with Crippen LogP contribution in [0, 0.1) is 6.92 Å². The number of nitrogens with two attached hydrogens (primary N) is 2. The Morgan fingerprint density at radius 2 is 1.87 bits per heavy atom. The molecule has 0 unspecified atom stereocenters. The van der Waals surface area contributed by atoms with Crippen molar-refractivity contribution in [1.82, 2.24) is 9.88 Å². The van der Waals surface area contributed by atoms with E-state index in [0.717, 1.165) is 78.5 Å². The maximum atomic E-state index is 5.90. The van der Waals surface area contributed by atoms with Crippen LogP contribution in [0.3, 0.4) is 0 Å². The summed E-state index contributed by atoms with van der Waals surface area (Å²) in [5.74, 6) is 0.824. The summed E-state index contributed by atoms with van der Waals surface area (Å²) in [6.45, 7) is 9.58. The second kappa shape index (κ2) is 11.8. The van der Waals surface area contributed by atoms with Crippen molar-refractivity contribution >= 4 is 23.0 Å². The SMILES string of the molecule is C/C(=N\N=C(N)N)c1sc(-c2ccc(OCCCCCN3CCOCC3)cc2)nc1C. The van der Waals surface area contributed by atoms with Crippen molar-refractivity contribution in [3.8, 4) is 16.3 Å². The maximum Gasteiger partial charge on any atom is 0.211 e. The van der Waals surface area contributed by atoms with Gasteiger partial charge >= 0.3 is 0 Å². The molecule has 0 atom stereocenters. The zero-order chi connectivity index (χ0) is 22.1. The predicted octanol–water partition coefficient (Wildman–Crippen LogP) is 3.00. The van der Waals surface area contributed by atoms with Crippen molar-refractivity contribution in [3.05, 3.63) is 34.8 Å². The number of ether oxygens (including phenoxy) is 2. The fourth-order valence-corrected chi connectivity index (χ4v) is 4.37. The zero-order valence-corrected chi connectivity index (χ0v) is 19.2. The smallest absolute Gasteiger partial charge is 0.211 e. The minimum Gasteiger partial charge on any atom is -0.494 e. The van der Waals surface area contributed by atoms with E-state index in [4.69, 9.17) is 20.9 Å². The standard InChI is InChI=1S/C22H32N6O2S/c1-16-20(17(2)26-27-22(23)24)31-21(25-16)18-6-8-19(9-7-18)30-13-5-3-4-10-28-11-14-29-15-12-28/h6-9H,3-5,10-15H2,1-2H3,(H4,23,24,27)/b26-17+. The molecule has 0 aliphatic carbocycles. The van der Waals surface area contributed by atoms with Crippen molar-refractivity contribution in [2.24, 2.45) is 21.7 Å². The Morgan fingerprint density at radius 1 is 1.13 bits per heavy atom. The highest BCUT2D eigenvalue weighted by Gasteiger charge is 2.12. The molecule has 0 saturated carbocycles. The molecule has 8 nitrogen and oxygen atoms in total. The number of nitrogens with zero attached hydrogens (tertiary/aromatic N) is 4. The molecule has 3 rings (SSSR count). The van der Waals surface area contributed by atoms with Gasteiger partial charge in [0.2, 0.25) is 5.96 Å². The molecule has 1 aromatic carbocycles. The summed E-state index contributed by atoms with van der Waals surface area (Å²) < 4.78 is 11.3. The summed E-state index contributed by atoms with van der Waals surface area (Å²) >= 11 is 1.57. The lowest BCUT2D eigenvalue weighted by molar-refractivity contribution is 0.0370. The van der Waals surface area contributed by atoms with Gasteiger partial charge in [-0.1, -0.05) is 0 Å². The second-order valence-electron chi connectivity index (χ2n) is 7.53. The molecule has 2 heterocycles. The average molecular weight is 445 g/mol. The summed E-state index contributed by atoms with van der Waals surface area (Å²) in [5, 5.41) is 8.71. The molecule has 2 aromatic rings. The van der Waals surface area contributed by atoms with Gasteiger partial charge in [-0.2, -0.15) is 5.10 Å². The fourth-order valence-electron chi connectivity index (χ4n) is 3.36. The van der Waals surface area contributed by atoms with Crippen molar-refractivity contribution in [1.29, 1.82) is 0 Å². The molecule has 0 bridgehead atoms. The van der Waals surface area contributed by atoms with Crippen LogP contribution in [0.1, 0.15) is 36.8 Å². The van der Waals surface area contributed by atoms with Gasteiger partial charge in [-0.25, -0.2) is 4.98 Å². The van der Waals surface area contributed by atoms with E-state index >= 15 is 0 Å². The Morgan fingerprint density at radius 3 is 2.58 bits per heavy atom. The van der Waals surface area contributed by atoms with Crippen LogP contribution in [0.2, 0.25) is 0 Å². The zero-order valence-electron chi connectivity index (χ0n) is 18.3. The van der Waals surface area contributed by atoms with Crippen LogP contribution in [0.25, 0.3) is 10.6 Å². The molecule has 1 fully saturated rings. The minimum atomic E-state index is -0.0607. The van der Waals surface area contributed by atoms with E-state index < -0.39 is 0 Å². The Bertz CT molecular complexity index is 884. The molecule has 0 radical (unpaired) electrons. The van der Waals surface area contributed by atoms with Crippen LogP contribution in [-0.2, 0) is 4.74 Å². The maximum absolute atomic E-state index is 5.90. The number of aryl methyl sites for hydroxylation is 1. The first-order chi connectivity index (χ1) is 15.0. The van der Waals surface area contributed by atoms with Gasteiger partial charge in [0.25, 0.3) is 0 Å². The number of aromatic nitrogens is 1. The predicted molar refractivity (Wildman–Crippen MR) is 127 cm³/mol. The summed E-state index contributed by atoms with van der Waals surface area (Å²) in [7, 11) is 0. The Kier molecular flexibility index (Phi) is 8.81. The summed E-state index contributed by atoms with van der Waals surface area (Å²) in [4.78, 5) is 8.11. The first-order valence-electron chi connectivity index (χ1n) is 10.7. The van der Waals surface area contributed by atoms with E-state index in [0.29, 0.717) is 0 Å². The number of hydrogen-bond donors (Lipinski definition) is 2. The Balaban J connectivity index is 1.45. The van der Waals surface area contributed by atoms with Crippen molar-refractivity contribution in [2.45, 2.75) is 33.1 Å². The van der Waals surface area contributed by atoms with Crippen molar-refractivity contribution in [2.75, 3.05) is 39.5 Å². The lowest BCUT2D eigenvalue weighted by Gasteiger charge is -2.26. The summed E-state index contributed by atoms with van der Waals surface area (Å²) in [5.41, 5.74) is 13.4. The summed E-state index contributed by atoms with van der Waals surface area (Å²) in [6.07, 6.45) is 3.45. The Labute approximate surface area is 188 Å². The minimum absolute atomic E-state index is 0.0607. The van der Waals surface area contributed by atoms with Crippen LogP contribution in [-0.4, -0.2) is 61.0 Å². The molecule has 1 aliphatic rings. The normalized spacial score (nSPS) is 15.1. The van der Waals surface area contributed by atoms with Crippen LogP contribution in [0.5, 0.6) is 5.75 Å². The van der Waals surface area contributed by atoms with Gasteiger partial charge in [0.05, 0.1) is 36.1 Å². The highest BCUT2D eigenvalue weighted by molar-refractivity contribution is 7.17. The van der Waals surface area contributed by atoms with Crippen LogP contribution >= 0.6 is 11.3 Å². The van der Waals surface area contributed by atoms with E-state index in [1.807, 2.05) is 38.1 Å². The number of unbranched alkanes of at least 4 members (excludes halogenated alkanes) is 2. The number of rotatable bonds is 10. The molecule has 1 aliphatic heterocycles. The molecule has 9 heteroatoms. The van der Waals surface area contributed by atoms with E-state index in [2.05, 4.69) is 20.1 Å². The third kappa shape index (κ3) is 7.30. The lowest BCUT2D eigenvalue weighted by atomic mass is 10.2. The number of morpholine rings is 1. The van der Waals surface area contributed by atoms with Crippen molar-refractivity contribution in [3.63, 3.8) is 0 Å². The van der Waals surface area contributed by atoms with Gasteiger partial charge in [-0.3, -0.25) is 4.90 Å². The topological polar surface area (TPSA) is 111 Å². The van der Waals surface area contributed by atoms with E-state index in [9.17, 15) is 0 Å². The molecule has 168 valence electrons. The van der Waals surface area contributed by atoms with Crippen molar-refractivity contribution < 1.29 is 9.47 Å². The molecule has 0 spiro atoms. The number of benzene rings is 1. The third-order valence-electron chi connectivity index (χ3n) is 5.03. The lowest BCUT2D eigenvalue weighted by Crippen LogP contribution is -2.36. The highest BCUT2D eigenvalue weighted by atomic mass is 32.1.